The van der Waals surface area contributed by atoms with E-state index in [4.69, 9.17) is 0 Å². The molecule has 0 bridgehead atoms. The van der Waals surface area contributed by atoms with Crippen molar-refractivity contribution in [3.05, 3.63) is 47.8 Å². The number of benzene rings is 1. The van der Waals surface area contributed by atoms with Gasteiger partial charge in [-0.15, -0.1) is 17.5 Å². The molecule has 1 aliphatic heterocycles. The lowest BCUT2D eigenvalue weighted by Gasteiger charge is -2.36. The Morgan fingerprint density at radius 1 is 1.21 bits per heavy atom. The quantitative estimate of drug-likeness (QED) is 0.799. The monoisotopic (exact) mass is 403 g/mol. The molecule has 28 heavy (non-hydrogen) atoms. The molecular weight excluding hydrogens is 374 g/mol. The van der Waals surface area contributed by atoms with Crippen LogP contribution in [0.5, 0.6) is 0 Å². The third kappa shape index (κ3) is 4.55. The largest absolute Gasteiger partial charge is 0.330 e. The summed E-state index contributed by atoms with van der Waals surface area (Å²) in [6.45, 7) is 4.90. The molecular formula is C21H30ClN5O. The number of amides is 1. The number of rotatable bonds is 6. The number of aromatic nitrogens is 3. The Morgan fingerprint density at radius 2 is 1.93 bits per heavy atom. The van der Waals surface area contributed by atoms with Crippen molar-refractivity contribution in [3.8, 4) is 0 Å². The van der Waals surface area contributed by atoms with Gasteiger partial charge in [0, 0.05) is 6.54 Å². The Balaban J connectivity index is 0.00000225. The van der Waals surface area contributed by atoms with Gasteiger partial charge in [-0.2, -0.15) is 0 Å². The van der Waals surface area contributed by atoms with Gasteiger partial charge in [0.1, 0.15) is 0 Å². The van der Waals surface area contributed by atoms with Crippen molar-refractivity contribution in [3.63, 3.8) is 0 Å². The van der Waals surface area contributed by atoms with Crippen LogP contribution in [0.2, 0.25) is 0 Å². The zero-order chi connectivity index (χ0) is 18.6. The number of nitrogens with zero attached hydrogens (tertiary/aromatic N) is 4. The summed E-state index contributed by atoms with van der Waals surface area (Å²) in [5.74, 6) is 0.609. The molecule has 1 aliphatic carbocycles. The first kappa shape index (κ1) is 20.8. The predicted octanol–water partition coefficient (Wildman–Crippen LogP) is 3.63. The second kappa shape index (κ2) is 9.52. The summed E-state index contributed by atoms with van der Waals surface area (Å²) in [5, 5.41) is 11.9. The minimum absolute atomic E-state index is 0. The van der Waals surface area contributed by atoms with Crippen LogP contribution < -0.4 is 5.32 Å². The highest BCUT2D eigenvalue weighted by Crippen LogP contribution is 2.31. The molecule has 152 valence electrons. The normalized spacial score (nSPS) is 18.8. The van der Waals surface area contributed by atoms with Gasteiger partial charge < -0.3 is 10.2 Å². The lowest BCUT2D eigenvalue weighted by Crippen LogP contribution is -2.39. The summed E-state index contributed by atoms with van der Waals surface area (Å²) < 4.78 is 1.89. The van der Waals surface area contributed by atoms with Gasteiger partial charge >= 0.3 is 0 Å². The van der Waals surface area contributed by atoms with E-state index in [-0.39, 0.29) is 24.4 Å². The highest BCUT2D eigenvalue weighted by Gasteiger charge is 2.30. The number of piperidine rings is 1. The second-order valence-electron chi connectivity index (χ2n) is 7.91. The van der Waals surface area contributed by atoms with E-state index in [0.29, 0.717) is 17.7 Å². The minimum Gasteiger partial charge on any atom is -0.330 e. The summed E-state index contributed by atoms with van der Waals surface area (Å²) in [5.41, 5.74) is 1.63. The zero-order valence-corrected chi connectivity index (χ0v) is 17.3. The maximum Gasteiger partial charge on any atom is 0.276 e. The Hall–Kier alpha value is -1.92. The minimum atomic E-state index is -0.00145. The third-order valence-corrected chi connectivity index (χ3v) is 6.10. The van der Waals surface area contributed by atoms with E-state index in [2.05, 4.69) is 34.7 Å². The summed E-state index contributed by atoms with van der Waals surface area (Å²) in [6, 6.07) is 10.6. The maximum atomic E-state index is 13.3. The van der Waals surface area contributed by atoms with Gasteiger partial charge in [0.25, 0.3) is 5.91 Å². The Labute approximate surface area is 173 Å². The molecule has 2 fully saturated rings. The van der Waals surface area contributed by atoms with Crippen molar-refractivity contribution in [1.29, 1.82) is 0 Å². The third-order valence-electron chi connectivity index (χ3n) is 6.10. The van der Waals surface area contributed by atoms with Crippen molar-refractivity contribution in [2.24, 2.45) is 5.92 Å². The molecule has 0 spiro atoms. The molecule has 1 atom stereocenters. The number of hydrogen-bond acceptors (Lipinski definition) is 4. The zero-order valence-electron chi connectivity index (χ0n) is 16.5. The van der Waals surface area contributed by atoms with Crippen LogP contribution in [0.25, 0.3) is 0 Å². The van der Waals surface area contributed by atoms with Crippen molar-refractivity contribution < 1.29 is 4.79 Å². The molecule has 4 rings (SSSR count). The number of hydrogen-bond donors (Lipinski definition) is 1. The van der Waals surface area contributed by atoms with Crippen molar-refractivity contribution >= 4 is 18.3 Å². The highest BCUT2D eigenvalue weighted by atomic mass is 35.5. The molecule has 1 saturated heterocycles. The molecule has 2 aliphatic rings. The smallest absolute Gasteiger partial charge is 0.276 e. The summed E-state index contributed by atoms with van der Waals surface area (Å²) in [4.78, 5) is 15.3. The van der Waals surface area contributed by atoms with Crippen LogP contribution in [0, 0.1) is 5.92 Å². The second-order valence-corrected chi connectivity index (χ2v) is 7.91. The molecule has 6 nitrogen and oxygen atoms in total. The number of nitrogens with one attached hydrogen (secondary N) is 1. The highest BCUT2D eigenvalue weighted by molar-refractivity contribution is 5.92. The fourth-order valence-corrected chi connectivity index (χ4v) is 4.05. The Kier molecular flexibility index (Phi) is 7.08. The van der Waals surface area contributed by atoms with Crippen molar-refractivity contribution in [2.45, 2.75) is 51.1 Å². The first-order chi connectivity index (χ1) is 13.2. The molecule has 1 amide bonds. The fourth-order valence-electron chi connectivity index (χ4n) is 4.05. The average Bonchev–Trinajstić information content (AvgIpc) is 3.18. The maximum absolute atomic E-state index is 13.3. The first-order valence-electron chi connectivity index (χ1n) is 10.2. The van der Waals surface area contributed by atoms with E-state index in [1.807, 2.05) is 34.0 Å². The van der Waals surface area contributed by atoms with Crippen LogP contribution in [-0.4, -0.2) is 45.4 Å². The van der Waals surface area contributed by atoms with Crippen molar-refractivity contribution in [1.82, 2.24) is 25.2 Å². The van der Waals surface area contributed by atoms with E-state index < -0.39 is 0 Å². The molecule has 2 aromatic rings. The van der Waals surface area contributed by atoms with E-state index >= 15 is 0 Å². The fraction of sp³-hybridized carbons (Fsp3) is 0.571. The standard InChI is InChI=1S/C21H29N5O.ClH/c1-16(18-8-3-2-4-9-18)25(14-17-6-5-7-17)21(27)20-15-26(24-23-20)19-10-12-22-13-11-19;/h2-4,8-9,15-17,19,22H,5-7,10-14H2,1H3;1H. The number of carbonyl (C=O) groups excluding carboxylic acids is 1. The summed E-state index contributed by atoms with van der Waals surface area (Å²) >= 11 is 0. The number of halogens is 1. The molecule has 1 aromatic carbocycles. The van der Waals surface area contributed by atoms with Gasteiger partial charge in [-0.05, 0) is 57.2 Å². The van der Waals surface area contributed by atoms with Crippen LogP contribution in [-0.2, 0) is 0 Å². The van der Waals surface area contributed by atoms with Crippen LogP contribution in [0.4, 0.5) is 0 Å². The molecule has 1 unspecified atom stereocenters. The van der Waals surface area contributed by atoms with Crippen LogP contribution in [0.1, 0.15) is 67.2 Å². The predicted molar refractivity (Wildman–Crippen MR) is 112 cm³/mol. The van der Waals surface area contributed by atoms with Crippen LogP contribution in [0.3, 0.4) is 0 Å². The number of carbonyl (C=O) groups is 1. The summed E-state index contributed by atoms with van der Waals surface area (Å²) in [6.07, 6.45) is 7.62. The van der Waals surface area contributed by atoms with Crippen molar-refractivity contribution in [2.75, 3.05) is 19.6 Å². The van der Waals surface area contributed by atoms with E-state index in [1.165, 1.54) is 19.3 Å². The average molecular weight is 404 g/mol. The first-order valence-corrected chi connectivity index (χ1v) is 10.2. The van der Waals surface area contributed by atoms with E-state index in [1.54, 1.807) is 0 Å². The SMILES string of the molecule is CC(c1ccccc1)N(CC1CCC1)C(=O)c1cn(C2CCNCC2)nn1.Cl. The van der Waals surface area contributed by atoms with Gasteiger partial charge in [-0.3, -0.25) is 4.79 Å². The van der Waals surface area contributed by atoms with Crippen LogP contribution in [0.15, 0.2) is 36.5 Å². The van der Waals surface area contributed by atoms with Crippen LogP contribution >= 0.6 is 12.4 Å². The van der Waals surface area contributed by atoms with E-state index in [0.717, 1.165) is 38.0 Å². The molecule has 1 aromatic heterocycles. The summed E-state index contributed by atoms with van der Waals surface area (Å²) in [7, 11) is 0. The van der Waals surface area contributed by atoms with E-state index in [9.17, 15) is 4.79 Å². The van der Waals surface area contributed by atoms with Gasteiger partial charge in [0.05, 0.1) is 18.3 Å². The van der Waals surface area contributed by atoms with Gasteiger partial charge in [-0.25, -0.2) is 4.68 Å². The Morgan fingerprint density at radius 3 is 2.57 bits per heavy atom. The lowest BCUT2D eigenvalue weighted by atomic mass is 9.84. The van der Waals surface area contributed by atoms with Gasteiger partial charge in [0.15, 0.2) is 5.69 Å². The molecule has 2 heterocycles. The molecule has 0 radical (unpaired) electrons. The van der Waals surface area contributed by atoms with Gasteiger partial charge in [-0.1, -0.05) is 42.0 Å². The topological polar surface area (TPSA) is 63.1 Å². The Bertz CT molecular complexity index is 755. The van der Waals surface area contributed by atoms with Gasteiger partial charge in [0.2, 0.25) is 0 Å². The molecule has 1 N–H and O–H groups in total. The molecule has 1 saturated carbocycles. The lowest BCUT2D eigenvalue weighted by molar-refractivity contribution is 0.0607. The molecule has 7 heteroatoms.